The van der Waals surface area contributed by atoms with Crippen LogP contribution in [0.5, 0.6) is 0 Å². The van der Waals surface area contributed by atoms with E-state index >= 15 is 0 Å². The molecular weight excluding hydrogens is 163 g/mol. The molecule has 0 atom stereocenters. The van der Waals surface area contributed by atoms with E-state index in [9.17, 15) is 0 Å². The van der Waals surface area contributed by atoms with E-state index in [0.29, 0.717) is 0 Å². The predicted octanol–water partition coefficient (Wildman–Crippen LogP) is 0.784. The standard InChI is InChI=1S/C13H17.Li/c1-11-7-9-13(10-8-11)12-5-3-2-4-6-12;/h3-6,11,13H,7-10H2,1H3;/q-1;+1. The van der Waals surface area contributed by atoms with Crippen LogP contribution in [0.3, 0.4) is 0 Å². The summed E-state index contributed by atoms with van der Waals surface area (Å²) in [4.78, 5) is 0. The van der Waals surface area contributed by atoms with Crippen molar-refractivity contribution < 1.29 is 18.9 Å². The number of hydrogen-bond donors (Lipinski definition) is 0. The summed E-state index contributed by atoms with van der Waals surface area (Å²) in [6.07, 6.45) is 5.57. The number of hydrogen-bond acceptors (Lipinski definition) is 0. The molecule has 1 aromatic rings. The van der Waals surface area contributed by atoms with Crippen LogP contribution in [0.25, 0.3) is 0 Å². The van der Waals surface area contributed by atoms with Crippen molar-refractivity contribution in [2.45, 2.75) is 38.5 Å². The molecule has 1 aromatic carbocycles. The van der Waals surface area contributed by atoms with E-state index in [1.54, 1.807) is 0 Å². The second-order valence-corrected chi connectivity index (χ2v) is 4.29. The van der Waals surface area contributed by atoms with E-state index in [1.165, 1.54) is 31.2 Å². The van der Waals surface area contributed by atoms with Crippen LogP contribution in [0.4, 0.5) is 0 Å². The van der Waals surface area contributed by atoms with E-state index in [0.717, 1.165) is 11.8 Å². The molecule has 0 nitrogen and oxygen atoms in total. The minimum absolute atomic E-state index is 0. The average Bonchev–Trinajstić information content (AvgIpc) is 2.20. The predicted molar refractivity (Wildman–Crippen MR) is 55.7 cm³/mol. The van der Waals surface area contributed by atoms with E-state index in [2.05, 4.69) is 25.1 Å². The summed E-state index contributed by atoms with van der Waals surface area (Å²) in [5.74, 6) is 1.78. The van der Waals surface area contributed by atoms with E-state index < -0.39 is 0 Å². The summed E-state index contributed by atoms with van der Waals surface area (Å²) in [6, 6.07) is 11.6. The Bertz CT molecular complexity index is 247. The summed E-state index contributed by atoms with van der Waals surface area (Å²) in [5.41, 5.74) is 1.52. The Kier molecular flexibility index (Phi) is 4.79. The molecule has 2 rings (SSSR count). The first-order chi connectivity index (χ1) is 6.36. The largest absolute Gasteiger partial charge is 1.00 e. The molecule has 0 N–H and O–H groups in total. The molecule has 1 heteroatoms. The molecule has 1 fully saturated rings. The Morgan fingerprint density at radius 3 is 2.21 bits per heavy atom. The van der Waals surface area contributed by atoms with Crippen molar-refractivity contribution in [2.75, 3.05) is 0 Å². The maximum atomic E-state index is 3.08. The molecule has 0 bridgehead atoms. The van der Waals surface area contributed by atoms with Gasteiger partial charge in [0.05, 0.1) is 0 Å². The van der Waals surface area contributed by atoms with Crippen LogP contribution < -0.4 is 18.9 Å². The van der Waals surface area contributed by atoms with Gasteiger partial charge in [-0.2, -0.15) is 35.9 Å². The zero-order valence-corrected chi connectivity index (χ0v) is 9.29. The molecule has 0 spiro atoms. The van der Waals surface area contributed by atoms with Crippen molar-refractivity contribution >= 4 is 0 Å². The van der Waals surface area contributed by atoms with Crippen molar-refractivity contribution in [3.63, 3.8) is 0 Å². The maximum Gasteiger partial charge on any atom is 1.00 e. The van der Waals surface area contributed by atoms with Gasteiger partial charge in [-0.25, -0.2) is 0 Å². The van der Waals surface area contributed by atoms with E-state index in [4.69, 9.17) is 0 Å². The molecule has 0 heterocycles. The van der Waals surface area contributed by atoms with Crippen LogP contribution in [-0.2, 0) is 0 Å². The van der Waals surface area contributed by atoms with Gasteiger partial charge in [-0.1, -0.05) is 19.8 Å². The number of benzene rings is 1. The molecule has 0 aromatic heterocycles. The first kappa shape index (κ1) is 11.9. The Hall–Kier alpha value is -0.183. The Labute approximate surface area is 99.3 Å². The summed E-state index contributed by atoms with van der Waals surface area (Å²) in [7, 11) is 0. The van der Waals surface area contributed by atoms with Gasteiger partial charge < -0.3 is 0 Å². The molecule has 0 saturated heterocycles. The molecule has 0 radical (unpaired) electrons. The Morgan fingerprint density at radius 1 is 1.07 bits per heavy atom. The molecule has 0 unspecified atom stereocenters. The second-order valence-electron chi connectivity index (χ2n) is 4.29. The zero-order valence-electron chi connectivity index (χ0n) is 9.29. The Morgan fingerprint density at radius 2 is 1.64 bits per heavy atom. The Balaban J connectivity index is 0.000000980. The fraction of sp³-hybridized carbons (Fsp3) is 0.538. The van der Waals surface area contributed by atoms with Crippen molar-refractivity contribution in [1.82, 2.24) is 0 Å². The third kappa shape index (κ3) is 2.91. The van der Waals surface area contributed by atoms with Crippen molar-refractivity contribution in [3.05, 3.63) is 35.9 Å². The van der Waals surface area contributed by atoms with Crippen molar-refractivity contribution in [1.29, 1.82) is 0 Å². The van der Waals surface area contributed by atoms with Gasteiger partial charge in [0, 0.05) is 0 Å². The molecule has 70 valence electrons. The molecular formula is C13H17Li. The quantitative estimate of drug-likeness (QED) is 0.442. The number of rotatable bonds is 1. The van der Waals surface area contributed by atoms with Crippen LogP contribution in [-0.4, -0.2) is 0 Å². The normalized spacial score (nSPS) is 26.6. The molecule has 0 amide bonds. The van der Waals surface area contributed by atoms with E-state index in [-0.39, 0.29) is 18.9 Å². The molecule has 0 aliphatic heterocycles. The van der Waals surface area contributed by atoms with Crippen LogP contribution in [0.1, 0.15) is 44.1 Å². The summed E-state index contributed by atoms with van der Waals surface area (Å²) in [5, 5.41) is 0. The van der Waals surface area contributed by atoms with Gasteiger partial charge in [0.2, 0.25) is 0 Å². The summed E-state index contributed by atoms with van der Waals surface area (Å²) >= 11 is 0. The first-order valence-corrected chi connectivity index (χ1v) is 5.32. The summed E-state index contributed by atoms with van der Waals surface area (Å²) in [6.45, 7) is 2.37. The minimum atomic E-state index is 0. The topological polar surface area (TPSA) is 0 Å². The fourth-order valence-corrected chi connectivity index (χ4v) is 2.27. The van der Waals surface area contributed by atoms with Crippen LogP contribution >= 0.6 is 0 Å². The summed E-state index contributed by atoms with van der Waals surface area (Å²) < 4.78 is 0. The molecule has 14 heavy (non-hydrogen) atoms. The minimum Gasteiger partial charge on any atom is -0.184 e. The molecule has 1 aliphatic carbocycles. The second kappa shape index (κ2) is 5.64. The SMILES string of the molecule is CC1CCC(c2cc[c-]cc2)CC1.[Li+]. The first-order valence-electron chi connectivity index (χ1n) is 5.32. The zero-order chi connectivity index (χ0) is 9.10. The third-order valence-corrected chi connectivity index (χ3v) is 3.23. The smallest absolute Gasteiger partial charge is 0.184 e. The van der Waals surface area contributed by atoms with Gasteiger partial charge in [0.15, 0.2) is 0 Å². The van der Waals surface area contributed by atoms with Gasteiger partial charge in [-0.05, 0) is 24.7 Å². The van der Waals surface area contributed by atoms with Gasteiger partial charge in [0.25, 0.3) is 0 Å². The van der Waals surface area contributed by atoms with Crippen molar-refractivity contribution in [3.8, 4) is 0 Å². The molecule has 1 aliphatic rings. The van der Waals surface area contributed by atoms with Gasteiger partial charge in [0.1, 0.15) is 0 Å². The molecule has 1 saturated carbocycles. The third-order valence-electron chi connectivity index (χ3n) is 3.23. The van der Waals surface area contributed by atoms with Gasteiger partial charge in [-0.15, -0.1) is 0 Å². The van der Waals surface area contributed by atoms with Crippen LogP contribution in [0, 0.1) is 12.0 Å². The van der Waals surface area contributed by atoms with Crippen LogP contribution in [0.15, 0.2) is 24.3 Å². The van der Waals surface area contributed by atoms with E-state index in [1.807, 2.05) is 12.1 Å². The maximum absolute atomic E-state index is 3.08. The van der Waals surface area contributed by atoms with Gasteiger partial charge in [-0.3, -0.25) is 0 Å². The average molecular weight is 180 g/mol. The van der Waals surface area contributed by atoms with Crippen LogP contribution in [0.2, 0.25) is 0 Å². The van der Waals surface area contributed by atoms with Crippen molar-refractivity contribution in [2.24, 2.45) is 5.92 Å². The fourth-order valence-electron chi connectivity index (χ4n) is 2.27. The van der Waals surface area contributed by atoms with Gasteiger partial charge >= 0.3 is 18.9 Å². The monoisotopic (exact) mass is 180 g/mol.